The fourth-order valence-electron chi connectivity index (χ4n) is 1.64. The number of hydrogen-bond acceptors (Lipinski definition) is 2. The van der Waals surface area contributed by atoms with E-state index < -0.39 is 0 Å². The molecule has 0 aliphatic carbocycles. The number of benzene rings is 2. The number of ether oxygens (including phenoxy) is 1. The van der Waals surface area contributed by atoms with Crippen LogP contribution in [0, 0.1) is 5.82 Å². The number of anilines is 2. The van der Waals surface area contributed by atoms with Crippen LogP contribution in [0.3, 0.4) is 0 Å². The highest BCUT2D eigenvalue weighted by Gasteiger charge is 2.08. The van der Waals surface area contributed by atoms with E-state index in [1.54, 1.807) is 31.4 Å². The topological polar surface area (TPSA) is 33.3 Å². The highest BCUT2D eigenvalue weighted by molar-refractivity contribution is 9.10. The first-order valence-electron chi connectivity index (χ1n) is 5.86. The molecule has 2 aromatic rings. The van der Waals surface area contributed by atoms with Gasteiger partial charge in [-0.3, -0.25) is 0 Å². The number of methoxy groups -OCH3 is 1. The Bertz CT molecular complexity index is 684. The van der Waals surface area contributed by atoms with Gasteiger partial charge in [-0.2, -0.15) is 0 Å². The van der Waals surface area contributed by atoms with E-state index in [1.165, 1.54) is 12.1 Å². The zero-order chi connectivity index (χ0) is 15.4. The molecule has 0 unspecified atom stereocenters. The third kappa shape index (κ3) is 4.30. The minimum atomic E-state index is -0.331. The van der Waals surface area contributed by atoms with E-state index in [4.69, 9.17) is 28.6 Å². The lowest BCUT2D eigenvalue weighted by atomic mass is 10.3. The number of halogens is 3. The van der Waals surface area contributed by atoms with Gasteiger partial charge in [-0.15, -0.1) is 0 Å². The van der Waals surface area contributed by atoms with Gasteiger partial charge in [0.05, 0.1) is 18.5 Å². The van der Waals surface area contributed by atoms with E-state index in [1.807, 2.05) is 0 Å². The van der Waals surface area contributed by atoms with E-state index in [0.29, 0.717) is 31.7 Å². The van der Waals surface area contributed by atoms with E-state index in [9.17, 15) is 4.39 Å². The first-order valence-corrected chi connectivity index (χ1v) is 7.44. The van der Waals surface area contributed by atoms with Crippen molar-refractivity contribution in [3.8, 4) is 5.75 Å². The van der Waals surface area contributed by atoms with Gasteiger partial charge in [0.25, 0.3) is 0 Å². The number of nitrogens with one attached hydrogen (secondary N) is 2. The second-order valence-electron chi connectivity index (χ2n) is 4.05. The van der Waals surface area contributed by atoms with E-state index in [2.05, 4.69) is 26.6 Å². The standard InChI is InChI=1S/C14H11BrClFN2OS/c1-20-13-5-2-8(16)6-12(13)19-14(21)18-11-4-3-9(17)7-10(11)15/h2-7H,1H3,(H2,18,19,21). The molecule has 0 spiro atoms. The summed E-state index contributed by atoms with van der Waals surface area (Å²) >= 11 is 14.4. The van der Waals surface area contributed by atoms with Crippen molar-refractivity contribution < 1.29 is 9.13 Å². The van der Waals surface area contributed by atoms with Crippen LogP contribution in [0.1, 0.15) is 0 Å². The Hall–Kier alpha value is -1.37. The summed E-state index contributed by atoms with van der Waals surface area (Å²) in [4.78, 5) is 0. The summed E-state index contributed by atoms with van der Waals surface area (Å²) in [5.41, 5.74) is 1.29. The molecule has 2 N–H and O–H groups in total. The molecule has 0 aliphatic rings. The van der Waals surface area contributed by atoms with Crippen molar-refractivity contribution in [1.82, 2.24) is 0 Å². The zero-order valence-electron chi connectivity index (χ0n) is 10.9. The largest absolute Gasteiger partial charge is 0.495 e. The van der Waals surface area contributed by atoms with Crippen LogP contribution < -0.4 is 15.4 Å². The SMILES string of the molecule is COc1ccc(Cl)cc1NC(=S)Nc1ccc(F)cc1Br. The van der Waals surface area contributed by atoms with Crippen molar-refractivity contribution in [2.75, 3.05) is 17.7 Å². The summed E-state index contributed by atoms with van der Waals surface area (Å²) < 4.78 is 18.8. The van der Waals surface area contributed by atoms with Crippen LogP contribution in [0.5, 0.6) is 5.75 Å². The van der Waals surface area contributed by atoms with Crippen molar-refractivity contribution in [1.29, 1.82) is 0 Å². The van der Waals surface area contributed by atoms with E-state index >= 15 is 0 Å². The van der Waals surface area contributed by atoms with Gasteiger partial charge in [0.2, 0.25) is 0 Å². The molecule has 110 valence electrons. The molecule has 2 rings (SSSR count). The van der Waals surface area contributed by atoms with Gasteiger partial charge in [0.15, 0.2) is 5.11 Å². The summed E-state index contributed by atoms with van der Waals surface area (Å²) in [6.07, 6.45) is 0. The van der Waals surface area contributed by atoms with Gasteiger partial charge in [-0.1, -0.05) is 11.6 Å². The fraction of sp³-hybridized carbons (Fsp3) is 0.0714. The van der Waals surface area contributed by atoms with Gasteiger partial charge in [0, 0.05) is 9.50 Å². The van der Waals surface area contributed by atoms with Gasteiger partial charge in [0.1, 0.15) is 11.6 Å². The van der Waals surface area contributed by atoms with Crippen molar-refractivity contribution in [3.05, 3.63) is 51.7 Å². The van der Waals surface area contributed by atoms with Crippen LogP contribution in [0.25, 0.3) is 0 Å². The van der Waals surface area contributed by atoms with Crippen molar-refractivity contribution >= 4 is 56.2 Å². The third-order valence-electron chi connectivity index (χ3n) is 2.59. The molecule has 0 radical (unpaired) electrons. The summed E-state index contributed by atoms with van der Waals surface area (Å²) in [5.74, 6) is 0.282. The Morgan fingerprint density at radius 2 is 1.90 bits per heavy atom. The molecule has 0 fully saturated rings. The molecular weight excluding hydrogens is 379 g/mol. The predicted molar refractivity (Wildman–Crippen MR) is 91.9 cm³/mol. The van der Waals surface area contributed by atoms with Crippen LogP contribution in [0.15, 0.2) is 40.9 Å². The molecule has 0 bridgehead atoms. The first kappa shape index (κ1) is 16.0. The molecular formula is C14H11BrClFN2OS. The Morgan fingerprint density at radius 3 is 2.57 bits per heavy atom. The van der Waals surface area contributed by atoms with Crippen LogP contribution in [0.4, 0.5) is 15.8 Å². The maximum atomic E-state index is 13.0. The first-order chi connectivity index (χ1) is 9.99. The summed E-state index contributed by atoms with van der Waals surface area (Å²) in [6, 6.07) is 9.44. The van der Waals surface area contributed by atoms with Crippen molar-refractivity contribution in [3.63, 3.8) is 0 Å². The average molecular weight is 390 g/mol. The normalized spacial score (nSPS) is 10.1. The monoisotopic (exact) mass is 388 g/mol. The number of rotatable bonds is 3. The maximum absolute atomic E-state index is 13.0. The Morgan fingerprint density at radius 1 is 1.19 bits per heavy atom. The van der Waals surface area contributed by atoms with Crippen molar-refractivity contribution in [2.24, 2.45) is 0 Å². The fourth-order valence-corrected chi connectivity index (χ4v) is 2.49. The lowest BCUT2D eigenvalue weighted by Gasteiger charge is -2.14. The second-order valence-corrected chi connectivity index (χ2v) is 5.75. The molecule has 2 aromatic carbocycles. The highest BCUT2D eigenvalue weighted by Crippen LogP contribution is 2.28. The molecule has 0 aliphatic heterocycles. The molecule has 21 heavy (non-hydrogen) atoms. The van der Waals surface area contributed by atoms with E-state index in [0.717, 1.165) is 0 Å². The average Bonchev–Trinajstić information content (AvgIpc) is 2.42. The minimum Gasteiger partial charge on any atom is -0.495 e. The molecule has 0 atom stereocenters. The van der Waals surface area contributed by atoms with E-state index in [-0.39, 0.29) is 5.82 Å². The Balaban J connectivity index is 2.13. The smallest absolute Gasteiger partial charge is 0.175 e. The number of hydrogen-bond donors (Lipinski definition) is 2. The molecule has 3 nitrogen and oxygen atoms in total. The third-order valence-corrected chi connectivity index (χ3v) is 3.68. The minimum absolute atomic E-state index is 0.331. The molecule has 0 amide bonds. The van der Waals surface area contributed by atoms with Gasteiger partial charge in [-0.25, -0.2) is 4.39 Å². The van der Waals surface area contributed by atoms with Crippen LogP contribution in [0.2, 0.25) is 5.02 Å². The molecule has 0 aromatic heterocycles. The lowest BCUT2D eigenvalue weighted by molar-refractivity contribution is 0.417. The second kappa shape index (κ2) is 7.06. The molecule has 0 saturated heterocycles. The lowest BCUT2D eigenvalue weighted by Crippen LogP contribution is -2.19. The van der Waals surface area contributed by atoms with Gasteiger partial charge in [-0.05, 0) is 64.5 Å². The van der Waals surface area contributed by atoms with Crippen LogP contribution in [-0.4, -0.2) is 12.2 Å². The predicted octanol–water partition coefficient (Wildman–Crippen LogP) is 5.06. The summed E-state index contributed by atoms with van der Waals surface area (Å²) in [6.45, 7) is 0. The van der Waals surface area contributed by atoms with Crippen LogP contribution in [-0.2, 0) is 0 Å². The van der Waals surface area contributed by atoms with Gasteiger partial charge >= 0.3 is 0 Å². The quantitative estimate of drug-likeness (QED) is 0.719. The summed E-state index contributed by atoms with van der Waals surface area (Å²) in [7, 11) is 1.56. The molecule has 0 saturated carbocycles. The van der Waals surface area contributed by atoms with Crippen molar-refractivity contribution in [2.45, 2.75) is 0 Å². The highest BCUT2D eigenvalue weighted by atomic mass is 79.9. The maximum Gasteiger partial charge on any atom is 0.175 e. The Labute approximate surface area is 140 Å². The molecule has 0 heterocycles. The summed E-state index contributed by atoms with van der Waals surface area (Å²) in [5, 5.41) is 6.85. The van der Waals surface area contributed by atoms with Gasteiger partial charge < -0.3 is 15.4 Å². The molecule has 7 heteroatoms. The Kier molecular flexibility index (Phi) is 5.39. The zero-order valence-corrected chi connectivity index (χ0v) is 14.1. The number of thiocarbonyl (C=S) groups is 1. The van der Waals surface area contributed by atoms with Crippen LogP contribution >= 0.6 is 39.7 Å².